The number of nitrogens with zero attached hydrogens (tertiary/aromatic N) is 4. The van der Waals surface area contributed by atoms with E-state index in [0.29, 0.717) is 17.7 Å². The Morgan fingerprint density at radius 1 is 1.03 bits per heavy atom. The minimum Gasteiger partial charge on any atom is -0.489 e. The second-order valence-corrected chi connectivity index (χ2v) is 8.99. The average molecular weight is 471 g/mol. The molecule has 1 aliphatic rings. The van der Waals surface area contributed by atoms with Gasteiger partial charge in [0.2, 0.25) is 0 Å². The third-order valence-corrected chi connectivity index (χ3v) is 6.71. The summed E-state index contributed by atoms with van der Waals surface area (Å²) in [6, 6.07) is 17.0. The molecule has 0 aliphatic heterocycles. The molecule has 0 N–H and O–H groups in total. The summed E-state index contributed by atoms with van der Waals surface area (Å²) >= 11 is 0. The van der Waals surface area contributed by atoms with Crippen LogP contribution >= 0.6 is 0 Å². The molecule has 5 heteroatoms. The van der Waals surface area contributed by atoms with Gasteiger partial charge in [-0.05, 0) is 80.8 Å². The Morgan fingerprint density at radius 2 is 1.74 bits per heavy atom. The Morgan fingerprint density at radius 3 is 2.34 bits per heavy atom. The Bertz CT molecular complexity index is 1080. The van der Waals surface area contributed by atoms with Gasteiger partial charge in [0.15, 0.2) is 0 Å². The second kappa shape index (κ2) is 12.9. The number of hydrogen-bond acceptors (Lipinski definition) is 5. The molecule has 0 amide bonds. The third-order valence-electron chi connectivity index (χ3n) is 6.71. The van der Waals surface area contributed by atoms with Crippen molar-refractivity contribution in [2.75, 3.05) is 4.90 Å². The molecule has 5 nitrogen and oxygen atoms in total. The van der Waals surface area contributed by atoms with Gasteiger partial charge >= 0.3 is 0 Å². The van der Waals surface area contributed by atoms with Gasteiger partial charge in [0.1, 0.15) is 17.5 Å². The van der Waals surface area contributed by atoms with Gasteiger partial charge in [0, 0.05) is 17.9 Å². The first-order valence-corrected chi connectivity index (χ1v) is 12.9. The molecule has 2 aromatic heterocycles. The summed E-state index contributed by atoms with van der Waals surface area (Å²) in [4.78, 5) is 11.1. The van der Waals surface area contributed by atoms with E-state index in [4.69, 9.17) is 10.00 Å². The molecule has 1 aliphatic carbocycles. The monoisotopic (exact) mass is 470 g/mol. The zero-order valence-electron chi connectivity index (χ0n) is 21.7. The highest BCUT2D eigenvalue weighted by molar-refractivity contribution is 5.67. The number of ether oxygens (including phenoxy) is 1. The van der Waals surface area contributed by atoms with Crippen molar-refractivity contribution in [3.63, 3.8) is 0 Å². The lowest BCUT2D eigenvalue weighted by Gasteiger charge is -2.39. The molecule has 0 bridgehead atoms. The fourth-order valence-electron chi connectivity index (χ4n) is 4.62. The number of pyridine rings is 2. The number of benzene rings is 1. The molecule has 4 rings (SSSR count). The first-order chi connectivity index (χ1) is 17.1. The molecule has 35 heavy (non-hydrogen) atoms. The molecule has 1 aromatic carbocycles. The highest BCUT2D eigenvalue weighted by atomic mass is 16.5. The molecule has 1 atom stereocenters. The summed E-state index contributed by atoms with van der Waals surface area (Å²) in [7, 11) is 0. The Hall–Kier alpha value is -3.39. The van der Waals surface area contributed by atoms with Crippen LogP contribution in [0.3, 0.4) is 0 Å². The highest BCUT2D eigenvalue weighted by Crippen LogP contribution is 2.39. The van der Waals surface area contributed by atoms with Crippen LogP contribution in [0, 0.1) is 18.3 Å². The molecular formula is C30H38N4O. The maximum Gasteiger partial charge on any atom is 0.140 e. The smallest absolute Gasteiger partial charge is 0.140 e. The van der Waals surface area contributed by atoms with E-state index in [-0.39, 0.29) is 6.10 Å². The Balaban J connectivity index is 0.00000167. The minimum atomic E-state index is 0.166. The molecule has 1 unspecified atom stereocenters. The summed E-state index contributed by atoms with van der Waals surface area (Å²) in [6.07, 6.45) is 10.9. The van der Waals surface area contributed by atoms with E-state index in [0.717, 1.165) is 37.9 Å². The molecule has 1 saturated carbocycles. The van der Waals surface area contributed by atoms with Crippen molar-refractivity contribution in [1.82, 2.24) is 9.97 Å². The lowest BCUT2D eigenvalue weighted by atomic mass is 9.89. The van der Waals surface area contributed by atoms with E-state index in [1.165, 1.54) is 22.5 Å². The van der Waals surface area contributed by atoms with Crippen LogP contribution in [0.5, 0.6) is 5.75 Å². The second-order valence-electron chi connectivity index (χ2n) is 8.99. The quantitative estimate of drug-likeness (QED) is 0.354. The maximum absolute atomic E-state index is 8.94. The maximum atomic E-state index is 8.94. The SMILES string of the molecule is CC.CCC(C)c1ccncc1N(c1ccc(C)cc1)C1CCC(Oc2ccc(C#N)nc2)CC1. The summed E-state index contributed by atoms with van der Waals surface area (Å²) < 4.78 is 6.19. The average Bonchev–Trinajstić information content (AvgIpc) is 2.92. The molecule has 0 saturated heterocycles. The Labute approximate surface area is 210 Å². The van der Waals surface area contributed by atoms with E-state index in [2.05, 4.69) is 66.0 Å². The van der Waals surface area contributed by atoms with Crippen LogP contribution < -0.4 is 9.64 Å². The summed E-state index contributed by atoms with van der Waals surface area (Å²) in [5.41, 5.74) is 5.47. The van der Waals surface area contributed by atoms with Crippen molar-refractivity contribution < 1.29 is 4.74 Å². The van der Waals surface area contributed by atoms with Gasteiger partial charge in [-0.25, -0.2) is 4.98 Å². The van der Waals surface area contributed by atoms with E-state index >= 15 is 0 Å². The lowest BCUT2D eigenvalue weighted by molar-refractivity contribution is 0.146. The van der Waals surface area contributed by atoms with Crippen LogP contribution in [-0.2, 0) is 0 Å². The van der Waals surface area contributed by atoms with Gasteiger partial charge in [0.05, 0.1) is 24.2 Å². The number of rotatable bonds is 7. The van der Waals surface area contributed by atoms with E-state index < -0.39 is 0 Å². The fraction of sp³-hybridized carbons (Fsp3) is 0.433. The minimum absolute atomic E-state index is 0.166. The molecule has 184 valence electrons. The van der Waals surface area contributed by atoms with Gasteiger partial charge in [-0.3, -0.25) is 4.98 Å². The van der Waals surface area contributed by atoms with Gasteiger partial charge in [-0.15, -0.1) is 0 Å². The van der Waals surface area contributed by atoms with E-state index in [1.807, 2.05) is 38.4 Å². The van der Waals surface area contributed by atoms with Crippen molar-refractivity contribution in [3.8, 4) is 11.8 Å². The summed E-state index contributed by atoms with van der Waals surface area (Å²) in [5, 5.41) is 8.94. The molecule has 2 heterocycles. The predicted molar refractivity (Wildman–Crippen MR) is 143 cm³/mol. The van der Waals surface area contributed by atoms with Crippen molar-refractivity contribution in [2.24, 2.45) is 0 Å². The number of anilines is 2. The number of aromatic nitrogens is 2. The van der Waals surface area contributed by atoms with Gasteiger partial charge in [-0.1, -0.05) is 45.4 Å². The zero-order chi connectivity index (χ0) is 25.2. The van der Waals surface area contributed by atoms with Gasteiger partial charge in [0.25, 0.3) is 0 Å². The largest absolute Gasteiger partial charge is 0.489 e. The Kier molecular flexibility index (Phi) is 9.66. The van der Waals surface area contributed by atoms with Crippen molar-refractivity contribution in [2.45, 2.75) is 84.8 Å². The van der Waals surface area contributed by atoms with Crippen molar-refractivity contribution >= 4 is 11.4 Å². The normalized spacial score (nSPS) is 17.9. The van der Waals surface area contributed by atoms with Crippen LogP contribution in [-0.4, -0.2) is 22.1 Å². The van der Waals surface area contributed by atoms with Crippen molar-refractivity contribution in [1.29, 1.82) is 5.26 Å². The zero-order valence-corrected chi connectivity index (χ0v) is 21.7. The van der Waals surface area contributed by atoms with Crippen LogP contribution in [0.25, 0.3) is 0 Å². The fourth-order valence-corrected chi connectivity index (χ4v) is 4.62. The molecular weight excluding hydrogens is 432 g/mol. The van der Waals surface area contributed by atoms with E-state index in [1.54, 1.807) is 12.3 Å². The molecule has 1 fully saturated rings. The third kappa shape index (κ3) is 6.60. The summed E-state index contributed by atoms with van der Waals surface area (Å²) in [6.45, 7) is 10.7. The van der Waals surface area contributed by atoms with Crippen LogP contribution in [0.4, 0.5) is 11.4 Å². The van der Waals surface area contributed by atoms with Crippen LogP contribution in [0.15, 0.2) is 61.1 Å². The lowest BCUT2D eigenvalue weighted by Crippen LogP contribution is -2.38. The number of nitriles is 1. The number of hydrogen-bond donors (Lipinski definition) is 0. The van der Waals surface area contributed by atoms with Crippen molar-refractivity contribution in [3.05, 3.63) is 77.9 Å². The topological polar surface area (TPSA) is 62.0 Å². The molecule has 0 spiro atoms. The first kappa shape index (κ1) is 26.2. The van der Waals surface area contributed by atoms with Crippen LogP contribution in [0.1, 0.15) is 82.5 Å². The van der Waals surface area contributed by atoms with Gasteiger partial charge in [-0.2, -0.15) is 5.26 Å². The van der Waals surface area contributed by atoms with Crippen LogP contribution in [0.2, 0.25) is 0 Å². The standard InChI is InChI=1S/C28H32N4O.C2H6/c1-4-21(3)27-15-16-30-19-28(27)32(23-8-5-20(2)6-9-23)24-10-13-25(14-11-24)33-26-12-7-22(17-29)31-18-26;1-2/h5-9,12,15-16,18-19,21,24-25H,4,10-11,13-14H2,1-3H3;1-2H3. The highest BCUT2D eigenvalue weighted by Gasteiger charge is 2.30. The molecule has 3 aromatic rings. The van der Waals surface area contributed by atoms with E-state index in [9.17, 15) is 0 Å². The molecule has 0 radical (unpaired) electrons. The number of aryl methyl sites for hydroxylation is 1. The summed E-state index contributed by atoms with van der Waals surface area (Å²) in [5.74, 6) is 1.21. The van der Waals surface area contributed by atoms with Gasteiger partial charge < -0.3 is 9.64 Å². The first-order valence-electron chi connectivity index (χ1n) is 12.9. The predicted octanol–water partition coefficient (Wildman–Crippen LogP) is 7.72.